The number of hydrogen-bond donors (Lipinski definition) is 2. The van der Waals surface area contributed by atoms with E-state index in [0.29, 0.717) is 5.95 Å². The van der Waals surface area contributed by atoms with E-state index < -0.39 is 0 Å². The van der Waals surface area contributed by atoms with Gasteiger partial charge in [0.25, 0.3) is 0 Å². The summed E-state index contributed by atoms with van der Waals surface area (Å²) in [6, 6.07) is 12.6. The van der Waals surface area contributed by atoms with Crippen LogP contribution in [0.25, 0.3) is 11.0 Å². The summed E-state index contributed by atoms with van der Waals surface area (Å²) in [6.07, 6.45) is 4.29. The molecule has 3 rings (SSSR count). The molecule has 0 saturated carbocycles. The van der Waals surface area contributed by atoms with Crippen LogP contribution >= 0.6 is 0 Å². The summed E-state index contributed by atoms with van der Waals surface area (Å²) in [6.45, 7) is 5.24. The zero-order chi connectivity index (χ0) is 16.2. The Kier molecular flexibility index (Phi) is 4.46. The molecule has 0 aliphatic carbocycles. The fourth-order valence-electron chi connectivity index (χ4n) is 2.81. The van der Waals surface area contributed by atoms with Gasteiger partial charge < -0.3 is 15.6 Å². The average Bonchev–Trinajstić information content (AvgIpc) is 2.99. The zero-order valence-corrected chi connectivity index (χ0v) is 13.7. The monoisotopic (exact) mass is 309 g/mol. The molecule has 3 N–H and O–H groups in total. The van der Waals surface area contributed by atoms with Gasteiger partial charge in [-0.05, 0) is 25.0 Å². The second kappa shape index (κ2) is 6.69. The van der Waals surface area contributed by atoms with Crippen LogP contribution in [0.2, 0.25) is 0 Å². The normalized spacial score (nSPS) is 12.4. The van der Waals surface area contributed by atoms with Crippen LogP contribution in [0.1, 0.15) is 38.3 Å². The lowest BCUT2D eigenvalue weighted by Crippen LogP contribution is -2.11. The average molecular weight is 309 g/mol. The van der Waals surface area contributed by atoms with Gasteiger partial charge >= 0.3 is 0 Å². The highest BCUT2D eigenvalue weighted by Gasteiger charge is 2.15. The predicted molar refractivity (Wildman–Crippen MR) is 95.6 cm³/mol. The topological polar surface area (TPSA) is 68.8 Å². The third-order valence-corrected chi connectivity index (χ3v) is 4.10. The van der Waals surface area contributed by atoms with Crippen molar-refractivity contribution in [1.29, 1.82) is 0 Å². The van der Waals surface area contributed by atoms with Crippen molar-refractivity contribution in [2.24, 2.45) is 0 Å². The fraction of sp³-hybridized carbons (Fsp3) is 0.333. The van der Waals surface area contributed by atoms with Crippen molar-refractivity contribution in [3.8, 4) is 0 Å². The number of aromatic nitrogens is 3. The first kappa shape index (κ1) is 15.3. The molecule has 0 bridgehead atoms. The predicted octanol–water partition coefficient (Wildman–Crippen LogP) is 3.83. The van der Waals surface area contributed by atoms with E-state index >= 15 is 0 Å². The minimum absolute atomic E-state index is 0.202. The number of nitrogens with zero attached hydrogens (tertiary/aromatic N) is 3. The van der Waals surface area contributed by atoms with Crippen molar-refractivity contribution < 1.29 is 0 Å². The number of rotatable bonds is 6. The van der Waals surface area contributed by atoms with Gasteiger partial charge in [0.15, 0.2) is 5.82 Å². The van der Waals surface area contributed by atoms with E-state index in [4.69, 9.17) is 5.73 Å². The Bertz CT molecular complexity index is 779. The molecule has 0 radical (unpaired) electrons. The van der Waals surface area contributed by atoms with Crippen LogP contribution in [-0.4, -0.2) is 21.1 Å². The van der Waals surface area contributed by atoms with E-state index in [1.807, 2.05) is 12.1 Å². The molecule has 5 nitrogen and oxygen atoms in total. The number of fused-ring (bicyclic) bond motifs is 1. The Hall–Kier alpha value is -2.56. The van der Waals surface area contributed by atoms with Crippen LogP contribution < -0.4 is 11.1 Å². The molecule has 5 heteroatoms. The maximum Gasteiger partial charge on any atom is 0.222 e. The van der Waals surface area contributed by atoms with Crippen molar-refractivity contribution >= 4 is 22.8 Å². The van der Waals surface area contributed by atoms with E-state index in [1.165, 1.54) is 5.56 Å². The first-order valence-electron chi connectivity index (χ1n) is 8.13. The summed E-state index contributed by atoms with van der Waals surface area (Å²) in [5, 5.41) is 3.41. The van der Waals surface area contributed by atoms with Gasteiger partial charge in [-0.3, -0.25) is 0 Å². The number of nitrogens with one attached hydrogen (secondary N) is 1. The molecule has 1 atom stereocenters. The molecular weight excluding hydrogens is 286 g/mol. The van der Waals surface area contributed by atoms with E-state index in [9.17, 15) is 0 Å². The number of unbranched alkanes of at least 4 members (excludes halogenated alkanes) is 1. The Balaban J connectivity index is 2.04. The van der Waals surface area contributed by atoms with Gasteiger partial charge in [0.1, 0.15) is 5.52 Å². The molecule has 0 spiro atoms. The number of anilines is 2. The van der Waals surface area contributed by atoms with Crippen molar-refractivity contribution in [2.45, 2.75) is 32.7 Å². The van der Waals surface area contributed by atoms with Crippen molar-refractivity contribution in [1.82, 2.24) is 14.5 Å². The highest BCUT2D eigenvalue weighted by Crippen LogP contribution is 2.28. The molecule has 0 saturated heterocycles. The van der Waals surface area contributed by atoms with Gasteiger partial charge in [0.05, 0.1) is 11.6 Å². The minimum Gasteiger partial charge on any atom is -0.368 e. The van der Waals surface area contributed by atoms with Gasteiger partial charge in [-0.25, -0.2) is 4.98 Å². The molecule has 23 heavy (non-hydrogen) atoms. The Morgan fingerprint density at radius 3 is 2.70 bits per heavy atom. The van der Waals surface area contributed by atoms with Gasteiger partial charge in [0.2, 0.25) is 5.95 Å². The van der Waals surface area contributed by atoms with Crippen LogP contribution in [0.3, 0.4) is 0 Å². The van der Waals surface area contributed by atoms with Crippen molar-refractivity contribution in [3.63, 3.8) is 0 Å². The Morgan fingerprint density at radius 1 is 1.17 bits per heavy atom. The zero-order valence-electron chi connectivity index (χ0n) is 13.7. The summed E-state index contributed by atoms with van der Waals surface area (Å²) < 4.78 is 2.21. The molecule has 0 amide bonds. The van der Waals surface area contributed by atoms with Crippen LogP contribution in [0, 0.1) is 0 Å². The van der Waals surface area contributed by atoms with Crippen molar-refractivity contribution in [3.05, 3.63) is 48.2 Å². The molecule has 0 aliphatic rings. The second-order valence-electron chi connectivity index (χ2n) is 5.75. The quantitative estimate of drug-likeness (QED) is 0.679. The maximum atomic E-state index is 5.85. The lowest BCUT2D eigenvalue weighted by Gasteiger charge is -2.17. The van der Waals surface area contributed by atoms with E-state index in [1.54, 1.807) is 0 Å². The number of nitrogens with two attached hydrogens (primary N) is 1. The Morgan fingerprint density at radius 2 is 1.96 bits per heavy atom. The molecule has 120 valence electrons. The lowest BCUT2D eigenvalue weighted by atomic mass is 10.1. The molecule has 0 aliphatic heterocycles. The van der Waals surface area contributed by atoms with Crippen LogP contribution in [-0.2, 0) is 0 Å². The summed E-state index contributed by atoms with van der Waals surface area (Å²) in [5.41, 5.74) is 8.99. The van der Waals surface area contributed by atoms with E-state index in [2.05, 4.69) is 64.2 Å². The van der Waals surface area contributed by atoms with E-state index in [0.717, 1.165) is 36.2 Å². The number of nitrogen functional groups attached to an aromatic ring is 1. The largest absolute Gasteiger partial charge is 0.368 e. The summed E-state index contributed by atoms with van der Waals surface area (Å²) >= 11 is 0. The van der Waals surface area contributed by atoms with E-state index in [-0.39, 0.29) is 6.04 Å². The maximum absolute atomic E-state index is 5.85. The molecule has 1 unspecified atom stereocenters. The standard InChI is InChI=1S/C18H23N5/c1-3-4-11-20-17-16-15(21-18(19)22-17)10-12-23(16)13(2)14-8-6-5-7-9-14/h5-10,12-13H,3-4,11H2,1-2H3,(H3,19,20,21,22). The fourth-order valence-corrected chi connectivity index (χ4v) is 2.81. The highest BCUT2D eigenvalue weighted by atomic mass is 15.1. The SMILES string of the molecule is CCCCNc1nc(N)nc2ccn(C(C)c3ccccc3)c12. The van der Waals surface area contributed by atoms with Gasteiger partial charge in [-0.15, -0.1) is 0 Å². The van der Waals surface area contributed by atoms with Gasteiger partial charge in [-0.1, -0.05) is 43.7 Å². The molecule has 2 heterocycles. The van der Waals surface area contributed by atoms with Gasteiger partial charge in [0, 0.05) is 12.7 Å². The third kappa shape index (κ3) is 3.13. The first-order chi connectivity index (χ1) is 11.2. The second-order valence-corrected chi connectivity index (χ2v) is 5.75. The lowest BCUT2D eigenvalue weighted by molar-refractivity contribution is 0.663. The molecular formula is C18H23N5. The van der Waals surface area contributed by atoms with Gasteiger partial charge in [-0.2, -0.15) is 4.98 Å². The third-order valence-electron chi connectivity index (χ3n) is 4.10. The minimum atomic E-state index is 0.202. The number of benzene rings is 1. The summed E-state index contributed by atoms with van der Waals surface area (Å²) in [4.78, 5) is 8.78. The molecule has 0 fully saturated rings. The molecule has 2 aromatic heterocycles. The van der Waals surface area contributed by atoms with Crippen LogP contribution in [0.5, 0.6) is 0 Å². The molecule has 3 aromatic rings. The first-order valence-corrected chi connectivity index (χ1v) is 8.13. The van der Waals surface area contributed by atoms with Crippen LogP contribution in [0.4, 0.5) is 11.8 Å². The summed E-state index contributed by atoms with van der Waals surface area (Å²) in [7, 11) is 0. The van der Waals surface area contributed by atoms with Crippen molar-refractivity contribution in [2.75, 3.05) is 17.6 Å². The molecule has 1 aromatic carbocycles. The summed E-state index contributed by atoms with van der Waals surface area (Å²) in [5.74, 6) is 1.12. The smallest absolute Gasteiger partial charge is 0.222 e. The van der Waals surface area contributed by atoms with Crippen LogP contribution in [0.15, 0.2) is 42.6 Å². The number of hydrogen-bond acceptors (Lipinski definition) is 4. The Labute approximate surface area is 136 Å². The highest BCUT2D eigenvalue weighted by molar-refractivity contribution is 5.87.